The molecule has 0 aromatic rings. The van der Waals surface area contributed by atoms with Gasteiger partial charge in [-0.15, -0.1) is 0 Å². The van der Waals surface area contributed by atoms with Crippen molar-refractivity contribution in [3.63, 3.8) is 0 Å². The number of nitrogens with zero attached hydrogens (tertiary/aromatic N) is 2. The number of allylic oxidation sites excluding steroid dienone is 3. The number of rotatable bonds is 1. The van der Waals surface area contributed by atoms with E-state index in [0.717, 1.165) is 5.71 Å². The number of hydrogen-bond acceptors (Lipinski definition) is 3. The molecule has 58 valence electrons. The van der Waals surface area contributed by atoms with Crippen LogP contribution >= 0.6 is 0 Å². The minimum atomic E-state index is 0.204. The molecule has 0 N–H and O–H groups in total. The standard InChI is InChI=1S/C9H6N2O/c1-2-12-8-4-3-7-6-10-11-9(7)5-8/h1,3-7H/t7-/m1/s1. The van der Waals surface area contributed by atoms with Gasteiger partial charge in [-0.3, -0.25) is 0 Å². The molecule has 1 aliphatic heterocycles. The van der Waals surface area contributed by atoms with Gasteiger partial charge in [0.05, 0.1) is 11.6 Å². The Balaban J connectivity index is 2.24. The summed E-state index contributed by atoms with van der Waals surface area (Å²) in [5.41, 5.74) is 0.878. The third-order valence-electron chi connectivity index (χ3n) is 1.68. The van der Waals surface area contributed by atoms with Crippen molar-refractivity contribution in [2.24, 2.45) is 16.1 Å². The highest BCUT2D eigenvalue weighted by atomic mass is 16.5. The summed E-state index contributed by atoms with van der Waals surface area (Å²) in [7, 11) is 0. The van der Waals surface area contributed by atoms with Crippen LogP contribution in [0.15, 0.2) is 34.2 Å². The summed E-state index contributed by atoms with van der Waals surface area (Å²) < 4.78 is 4.86. The molecular formula is C9H6N2O. The van der Waals surface area contributed by atoms with E-state index in [1.54, 1.807) is 12.3 Å². The lowest BCUT2D eigenvalue weighted by Gasteiger charge is -2.07. The molecule has 1 heterocycles. The molecule has 1 aliphatic carbocycles. The van der Waals surface area contributed by atoms with Gasteiger partial charge in [0.2, 0.25) is 0 Å². The van der Waals surface area contributed by atoms with Crippen molar-refractivity contribution in [3.8, 4) is 12.5 Å². The summed E-state index contributed by atoms with van der Waals surface area (Å²) in [5, 5.41) is 7.68. The van der Waals surface area contributed by atoms with E-state index in [1.165, 1.54) is 0 Å². The molecule has 3 heteroatoms. The van der Waals surface area contributed by atoms with Crippen molar-refractivity contribution in [3.05, 3.63) is 24.0 Å². The molecule has 2 aliphatic rings. The topological polar surface area (TPSA) is 34.0 Å². The Morgan fingerprint density at radius 2 is 2.50 bits per heavy atom. The average Bonchev–Trinajstić information content (AvgIpc) is 2.51. The first-order valence-electron chi connectivity index (χ1n) is 3.53. The van der Waals surface area contributed by atoms with E-state index in [9.17, 15) is 0 Å². The molecule has 0 spiro atoms. The largest absolute Gasteiger partial charge is 0.408 e. The molecule has 0 aromatic carbocycles. The zero-order valence-corrected chi connectivity index (χ0v) is 6.27. The van der Waals surface area contributed by atoms with Crippen LogP contribution in [0.25, 0.3) is 0 Å². The van der Waals surface area contributed by atoms with Gasteiger partial charge in [0.15, 0.2) is 0 Å². The minimum absolute atomic E-state index is 0.204. The molecular weight excluding hydrogens is 152 g/mol. The van der Waals surface area contributed by atoms with Gasteiger partial charge in [0.1, 0.15) is 11.9 Å². The van der Waals surface area contributed by atoms with Gasteiger partial charge >= 0.3 is 0 Å². The van der Waals surface area contributed by atoms with E-state index >= 15 is 0 Å². The monoisotopic (exact) mass is 158 g/mol. The maximum absolute atomic E-state index is 4.98. The highest BCUT2D eigenvalue weighted by Gasteiger charge is 2.17. The van der Waals surface area contributed by atoms with E-state index in [0.29, 0.717) is 5.76 Å². The summed E-state index contributed by atoms with van der Waals surface area (Å²) in [6, 6.07) is 0. The van der Waals surface area contributed by atoms with Crippen molar-refractivity contribution in [1.29, 1.82) is 0 Å². The van der Waals surface area contributed by atoms with E-state index in [-0.39, 0.29) is 5.92 Å². The fourth-order valence-electron chi connectivity index (χ4n) is 1.11. The summed E-state index contributed by atoms with van der Waals surface area (Å²) in [4.78, 5) is 0. The van der Waals surface area contributed by atoms with Gasteiger partial charge in [0, 0.05) is 12.3 Å². The molecule has 0 unspecified atom stereocenters. The molecule has 3 nitrogen and oxygen atoms in total. The van der Waals surface area contributed by atoms with Crippen LogP contribution in [0.5, 0.6) is 0 Å². The molecule has 12 heavy (non-hydrogen) atoms. The minimum Gasteiger partial charge on any atom is -0.408 e. The second-order valence-electron chi connectivity index (χ2n) is 2.44. The Hall–Kier alpha value is -1.82. The van der Waals surface area contributed by atoms with Crippen LogP contribution in [-0.4, -0.2) is 11.9 Å². The highest BCUT2D eigenvalue weighted by molar-refractivity contribution is 6.10. The number of terminal acetylenes is 1. The molecule has 0 saturated heterocycles. The molecule has 0 saturated carbocycles. The van der Waals surface area contributed by atoms with Crippen LogP contribution in [0.3, 0.4) is 0 Å². The summed E-state index contributed by atoms with van der Waals surface area (Å²) in [5.74, 6) is 0.841. The second kappa shape index (κ2) is 2.67. The average molecular weight is 158 g/mol. The maximum Gasteiger partial charge on any atom is 0.141 e. The quantitative estimate of drug-likeness (QED) is 0.526. The number of ether oxygens (including phenoxy) is 1. The van der Waals surface area contributed by atoms with Gasteiger partial charge in [-0.1, -0.05) is 12.5 Å². The van der Waals surface area contributed by atoms with Crippen molar-refractivity contribution < 1.29 is 4.74 Å². The molecule has 0 amide bonds. The second-order valence-corrected chi connectivity index (χ2v) is 2.44. The zero-order valence-electron chi connectivity index (χ0n) is 6.27. The van der Waals surface area contributed by atoms with Gasteiger partial charge < -0.3 is 4.74 Å². The SMILES string of the molecule is C#COC1=CC2=NN=C[C@H]2C=C1. The Kier molecular flexibility index (Phi) is 1.52. The van der Waals surface area contributed by atoms with Crippen LogP contribution in [-0.2, 0) is 4.74 Å². The number of fused-ring (bicyclic) bond motifs is 1. The molecule has 0 radical (unpaired) electrons. The van der Waals surface area contributed by atoms with E-state index < -0.39 is 0 Å². The predicted molar refractivity (Wildman–Crippen MR) is 46.6 cm³/mol. The normalized spacial score (nSPS) is 24.1. The van der Waals surface area contributed by atoms with Gasteiger partial charge in [-0.25, -0.2) is 0 Å². The Bertz CT molecular complexity index is 355. The number of hydrogen-bond donors (Lipinski definition) is 0. The summed E-state index contributed by atoms with van der Waals surface area (Å²) in [6.45, 7) is 0. The smallest absolute Gasteiger partial charge is 0.141 e. The molecule has 2 rings (SSSR count). The van der Waals surface area contributed by atoms with Crippen molar-refractivity contribution in [2.45, 2.75) is 0 Å². The van der Waals surface area contributed by atoms with E-state index in [4.69, 9.17) is 11.2 Å². The van der Waals surface area contributed by atoms with Crippen molar-refractivity contribution >= 4 is 11.9 Å². The lowest BCUT2D eigenvalue weighted by Crippen LogP contribution is -2.11. The van der Waals surface area contributed by atoms with Crippen LogP contribution in [0, 0.1) is 18.4 Å². The van der Waals surface area contributed by atoms with Crippen LogP contribution in [0.2, 0.25) is 0 Å². The molecule has 0 bridgehead atoms. The van der Waals surface area contributed by atoms with Crippen molar-refractivity contribution in [2.75, 3.05) is 0 Å². The fourth-order valence-corrected chi connectivity index (χ4v) is 1.11. The summed E-state index contributed by atoms with van der Waals surface area (Å²) in [6.07, 6.45) is 14.4. The first-order chi connectivity index (χ1) is 5.90. The Labute approximate surface area is 70.1 Å². The third-order valence-corrected chi connectivity index (χ3v) is 1.68. The molecule has 1 atom stereocenters. The van der Waals surface area contributed by atoms with E-state index in [1.807, 2.05) is 12.2 Å². The zero-order chi connectivity index (χ0) is 8.39. The Morgan fingerprint density at radius 3 is 3.33 bits per heavy atom. The summed E-state index contributed by atoms with van der Waals surface area (Å²) >= 11 is 0. The van der Waals surface area contributed by atoms with Gasteiger partial charge in [-0.2, -0.15) is 10.2 Å². The highest BCUT2D eigenvalue weighted by Crippen LogP contribution is 2.17. The van der Waals surface area contributed by atoms with Crippen LogP contribution in [0.1, 0.15) is 0 Å². The van der Waals surface area contributed by atoms with Crippen molar-refractivity contribution in [1.82, 2.24) is 0 Å². The van der Waals surface area contributed by atoms with Crippen LogP contribution in [0.4, 0.5) is 0 Å². The molecule has 0 aromatic heterocycles. The maximum atomic E-state index is 4.98. The molecule has 0 fully saturated rings. The van der Waals surface area contributed by atoms with Crippen LogP contribution < -0.4 is 0 Å². The first kappa shape index (κ1) is 6.86. The third kappa shape index (κ3) is 1.04. The first-order valence-corrected chi connectivity index (χ1v) is 3.53. The fraction of sp³-hybridized carbons (Fsp3) is 0.111. The lowest BCUT2D eigenvalue weighted by atomic mass is 10.00. The Morgan fingerprint density at radius 1 is 1.58 bits per heavy atom. The van der Waals surface area contributed by atoms with Gasteiger partial charge in [-0.05, 0) is 6.08 Å². The van der Waals surface area contributed by atoms with E-state index in [2.05, 4.69) is 16.3 Å². The predicted octanol–water partition coefficient (Wildman–Crippen LogP) is 1.10. The lowest BCUT2D eigenvalue weighted by molar-refractivity contribution is 0.403. The van der Waals surface area contributed by atoms with Gasteiger partial charge in [0.25, 0.3) is 0 Å².